The quantitative estimate of drug-likeness (QED) is 0.425. The minimum Gasteiger partial charge on any atom is -1.00 e. The molecule has 0 saturated carbocycles. The molecule has 0 aliphatic heterocycles. The molecule has 0 unspecified atom stereocenters. The molecule has 0 aromatic rings. The smallest absolute Gasteiger partial charge is 1.00 e. The van der Waals surface area contributed by atoms with Crippen molar-refractivity contribution in [1.29, 1.82) is 0 Å². The van der Waals surface area contributed by atoms with E-state index in [4.69, 9.17) is 30.0 Å². The third kappa shape index (κ3) is 305. The normalized spacial score (nSPS) is 3.69. The Morgan fingerprint density at radius 2 is 0.846 bits per heavy atom. The van der Waals surface area contributed by atoms with Gasteiger partial charge in [-0.15, -0.1) is 0 Å². The van der Waals surface area contributed by atoms with Crippen molar-refractivity contribution in [2.24, 2.45) is 0 Å². The van der Waals surface area contributed by atoms with Gasteiger partial charge in [0.25, 0.3) is 0 Å². The molecule has 0 atom stereocenters. The van der Waals surface area contributed by atoms with Crippen LogP contribution in [0.4, 0.5) is 9.59 Å². The summed E-state index contributed by atoms with van der Waals surface area (Å²) < 4.78 is 0. The molecule has 0 amide bonds. The molecular weight excluding hydrogens is 247 g/mol. The van der Waals surface area contributed by atoms with Crippen molar-refractivity contribution in [3.05, 3.63) is 0 Å². The maximum absolute atomic E-state index is 8.44. The Labute approximate surface area is 169 Å². The molecule has 0 aliphatic carbocycles. The van der Waals surface area contributed by atoms with E-state index in [1.165, 1.54) is 0 Å². The minimum atomic E-state index is -2.33. The summed E-state index contributed by atoms with van der Waals surface area (Å²) in [6.45, 7) is 0. The summed E-state index contributed by atoms with van der Waals surface area (Å²) in [5.74, 6) is 0. The SMILES string of the molecule is O=C([O-])O.O=C([O-])[O-].[Cl-].[Na+].[Na+].[Na+].[Na+]. The predicted octanol–water partition coefficient (Wildman–Crippen LogP) is -18.5. The molecule has 0 aromatic carbocycles. The third-order valence-electron chi connectivity index (χ3n) is 0. The van der Waals surface area contributed by atoms with Crippen LogP contribution < -0.4 is 146 Å². The largest absolute Gasteiger partial charge is 1.00 e. The average Bonchev–Trinajstić information content (AvgIpc) is 1.25. The monoisotopic (exact) mass is 248 g/mol. The van der Waals surface area contributed by atoms with E-state index in [0.29, 0.717) is 0 Å². The summed E-state index contributed by atoms with van der Waals surface area (Å²) in [6, 6.07) is 0. The molecule has 0 spiro atoms. The standard InChI is InChI=1S/2CH2O3.ClH.4Na/c2*2-1(3)4;;;;;/h2*(H2,2,3,4);1H;;;;/q;;;4*+1/p-4. The van der Waals surface area contributed by atoms with Crippen LogP contribution in [0.5, 0.6) is 0 Å². The van der Waals surface area contributed by atoms with Crippen molar-refractivity contribution in [2.75, 3.05) is 0 Å². The van der Waals surface area contributed by atoms with Gasteiger partial charge in [-0.2, -0.15) is 0 Å². The first kappa shape index (κ1) is 44.7. The molecule has 0 heterocycles. The van der Waals surface area contributed by atoms with Gasteiger partial charge in [-0.3, -0.25) is 0 Å². The topological polar surface area (TPSA) is 124 Å². The first-order chi connectivity index (χ1) is 3.46. The minimum absolute atomic E-state index is 0. The van der Waals surface area contributed by atoms with Crippen molar-refractivity contribution in [3.63, 3.8) is 0 Å². The molecule has 0 rings (SSSR count). The number of rotatable bonds is 0. The maximum atomic E-state index is 8.44. The van der Waals surface area contributed by atoms with Gasteiger partial charge in [-0.05, 0) is 6.16 Å². The number of carbonyl (C=O) groups excluding carboxylic acids is 1. The van der Waals surface area contributed by atoms with Gasteiger partial charge in [0.2, 0.25) is 6.16 Å². The van der Waals surface area contributed by atoms with Gasteiger partial charge in [0.15, 0.2) is 0 Å². The van der Waals surface area contributed by atoms with Crippen LogP contribution >= 0.6 is 0 Å². The second kappa shape index (κ2) is 36.4. The van der Waals surface area contributed by atoms with Gasteiger partial charge in [-0.25, -0.2) is 0 Å². The first-order valence-corrected chi connectivity index (χ1v) is 1.24. The number of carboxylic acid groups (broad SMARTS) is 4. The molecule has 6 nitrogen and oxygen atoms in total. The summed E-state index contributed by atoms with van der Waals surface area (Å²) in [5.41, 5.74) is 0. The van der Waals surface area contributed by atoms with E-state index < -0.39 is 12.3 Å². The van der Waals surface area contributed by atoms with E-state index in [1.54, 1.807) is 0 Å². The van der Waals surface area contributed by atoms with E-state index in [1.807, 2.05) is 0 Å². The van der Waals surface area contributed by atoms with Gasteiger partial charge in [0, 0.05) is 0 Å². The zero-order valence-corrected chi connectivity index (χ0v) is 16.6. The van der Waals surface area contributed by atoms with Crippen molar-refractivity contribution in [2.45, 2.75) is 0 Å². The Morgan fingerprint density at radius 3 is 0.846 bits per heavy atom. The van der Waals surface area contributed by atoms with E-state index >= 15 is 0 Å². The van der Waals surface area contributed by atoms with Crippen LogP contribution in [0.15, 0.2) is 0 Å². The average molecular weight is 248 g/mol. The van der Waals surface area contributed by atoms with Crippen LogP contribution in [-0.2, 0) is 0 Å². The Kier molecular flexibility index (Phi) is 125. The molecular formula is C2HClNa4O6. The van der Waals surface area contributed by atoms with Crippen molar-refractivity contribution >= 4 is 12.3 Å². The molecule has 0 bridgehead atoms. The van der Waals surface area contributed by atoms with Crippen LogP contribution in [0.2, 0.25) is 0 Å². The zero-order chi connectivity index (χ0) is 7.15. The van der Waals surface area contributed by atoms with E-state index in [0.717, 1.165) is 0 Å². The van der Waals surface area contributed by atoms with Gasteiger partial charge in [-0.1, -0.05) is 0 Å². The zero-order valence-electron chi connectivity index (χ0n) is 7.87. The predicted molar refractivity (Wildman–Crippen MR) is 13.4 cm³/mol. The fourth-order valence-corrected chi connectivity index (χ4v) is 0. The van der Waals surface area contributed by atoms with Crippen LogP contribution in [0.25, 0.3) is 0 Å². The van der Waals surface area contributed by atoms with Gasteiger partial charge in [0.05, 0.1) is 0 Å². The Morgan fingerprint density at radius 1 is 0.846 bits per heavy atom. The molecule has 0 radical (unpaired) electrons. The van der Waals surface area contributed by atoms with Gasteiger partial charge < -0.3 is 42.4 Å². The molecule has 0 fully saturated rings. The van der Waals surface area contributed by atoms with Crippen LogP contribution in [0, 0.1) is 0 Å². The van der Waals surface area contributed by atoms with E-state index in [-0.39, 0.29) is 131 Å². The summed E-state index contributed by atoms with van der Waals surface area (Å²) in [6.07, 6.45) is -4.42. The Bertz CT molecular complexity index is 80.6. The third-order valence-corrected chi connectivity index (χ3v) is 0. The van der Waals surface area contributed by atoms with Crippen LogP contribution in [-0.4, -0.2) is 17.4 Å². The van der Waals surface area contributed by atoms with Crippen LogP contribution in [0.3, 0.4) is 0 Å². The molecule has 56 valence electrons. The fourth-order valence-electron chi connectivity index (χ4n) is 0. The number of hydrogen-bond acceptors (Lipinski definition) is 5. The number of hydrogen-bond donors (Lipinski definition) is 1. The van der Waals surface area contributed by atoms with Crippen LogP contribution in [0.1, 0.15) is 0 Å². The summed E-state index contributed by atoms with van der Waals surface area (Å²) >= 11 is 0. The van der Waals surface area contributed by atoms with Gasteiger partial charge >= 0.3 is 118 Å². The number of halogens is 1. The maximum Gasteiger partial charge on any atom is 1.00 e. The van der Waals surface area contributed by atoms with Crippen molar-refractivity contribution in [3.8, 4) is 0 Å². The summed E-state index contributed by atoms with van der Waals surface area (Å²) in [5, 5.41) is 32.0. The number of carbonyl (C=O) groups is 2. The summed E-state index contributed by atoms with van der Waals surface area (Å²) in [4.78, 5) is 16.8. The van der Waals surface area contributed by atoms with Gasteiger partial charge in [0.1, 0.15) is 0 Å². The molecule has 11 heteroatoms. The molecule has 0 aromatic heterocycles. The fraction of sp³-hybridized carbons (Fsp3) is 0. The molecule has 13 heavy (non-hydrogen) atoms. The van der Waals surface area contributed by atoms with Crippen molar-refractivity contribution in [1.82, 2.24) is 0 Å². The Balaban J connectivity index is -0.00000000800. The first-order valence-electron chi connectivity index (χ1n) is 1.24. The van der Waals surface area contributed by atoms with E-state index in [2.05, 4.69) is 0 Å². The molecule has 0 aliphatic rings. The second-order valence-corrected chi connectivity index (χ2v) is 0.516. The molecule has 1 N–H and O–H groups in total. The van der Waals surface area contributed by atoms with E-state index in [9.17, 15) is 0 Å². The second-order valence-electron chi connectivity index (χ2n) is 0.516. The molecule has 0 saturated heterocycles. The Hall–Kier alpha value is 2.83. The summed E-state index contributed by atoms with van der Waals surface area (Å²) in [7, 11) is 0. The van der Waals surface area contributed by atoms with Crippen molar-refractivity contribution < 1.29 is 161 Å².